The van der Waals surface area contributed by atoms with Crippen molar-refractivity contribution in [2.75, 3.05) is 13.2 Å². The summed E-state index contributed by atoms with van der Waals surface area (Å²) in [5, 5.41) is 8.81. The van der Waals surface area contributed by atoms with E-state index in [-0.39, 0.29) is 36.5 Å². The molecule has 160 valence electrons. The van der Waals surface area contributed by atoms with Crippen molar-refractivity contribution in [3.63, 3.8) is 0 Å². The van der Waals surface area contributed by atoms with E-state index in [4.69, 9.17) is 9.15 Å². The summed E-state index contributed by atoms with van der Waals surface area (Å²) in [7, 11) is 0. The van der Waals surface area contributed by atoms with Crippen molar-refractivity contribution >= 4 is 12.0 Å². The minimum atomic E-state index is -0.757. The third-order valence-corrected chi connectivity index (χ3v) is 4.87. The topological polar surface area (TPSA) is 92.6 Å². The molecule has 1 aliphatic heterocycles. The molecule has 8 heteroatoms. The van der Waals surface area contributed by atoms with E-state index in [1.165, 1.54) is 18.4 Å². The molecule has 0 fully saturated rings. The number of carbonyl (C=O) groups is 2. The molecule has 2 atom stereocenters. The number of nitrogens with one attached hydrogen (secondary N) is 3. The Kier molecular flexibility index (Phi) is 6.89. The van der Waals surface area contributed by atoms with E-state index in [2.05, 4.69) is 16.0 Å². The first kappa shape index (κ1) is 21.6. The Hall–Kier alpha value is -3.13. The molecule has 3 N–H and O–H groups in total. The van der Waals surface area contributed by atoms with Crippen LogP contribution in [0, 0.1) is 11.7 Å². The zero-order chi connectivity index (χ0) is 21.7. The first-order chi connectivity index (χ1) is 14.4. The molecular formula is C22H26FN3O4. The number of urea groups is 1. The number of hydrogen-bond donors (Lipinski definition) is 3. The Balaban J connectivity index is 1.92. The fraction of sp³-hybridized carbons (Fsp3) is 0.364. The Labute approximate surface area is 174 Å². The van der Waals surface area contributed by atoms with Gasteiger partial charge >= 0.3 is 12.0 Å². The van der Waals surface area contributed by atoms with E-state index in [1.54, 1.807) is 31.2 Å². The van der Waals surface area contributed by atoms with E-state index < -0.39 is 18.0 Å². The lowest BCUT2D eigenvalue weighted by Crippen LogP contribution is -2.48. The summed E-state index contributed by atoms with van der Waals surface area (Å²) in [5.74, 6) is -0.226. The van der Waals surface area contributed by atoms with Gasteiger partial charge in [0.25, 0.3) is 0 Å². The van der Waals surface area contributed by atoms with Gasteiger partial charge in [-0.15, -0.1) is 0 Å². The molecule has 7 nitrogen and oxygen atoms in total. The second-order valence-electron chi connectivity index (χ2n) is 7.31. The normalized spacial score (nSPS) is 17.5. The van der Waals surface area contributed by atoms with E-state index in [9.17, 15) is 14.0 Å². The minimum absolute atomic E-state index is 0.115. The highest BCUT2D eigenvalue weighted by atomic mass is 19.1. The van der Waals surface area contributed by atoms with Crippen LogP contribution in [-0.4, -0.2) is 25.2 Å². The van der Waals surface area contributed by atoms with Gasteiger partial charge in [-0.05, 0) is 42.7 Å². The van der Waals surface area contributed by atoms with Crippen LogP contribution in [0.2, 0.25) is 0 Å². The van der Waals surface area contributed by atoms with Gasteiger partial charge < -0.3 is 25.1 Å². The third-order valence-electron chi connectivity index (χ3n) is 4.87. The molecule has 0 spiro atoms. The van der Waals surface area contributed by atoms with E-state index >= 15 is 0 Å². The number of amides is 2. The van der Waals surface area contributed by atoms with E-state index in [1.807, 2.05) is 13.8 Å². The summed E-state index contributed by atoms with van der Waals surface area (Å²) in [6, 6.07) is 8.33. The predicted octanol–water partition coefficient (Wildman–Crippen LogP) is 3.58. The molecular weight excluding hydrogens is 389 g/mol. The van der Waals surface area contributed by atoms with Crippen molar-refractivity contribution in [2.45, 2.75) is 32.9 Å². The van der Waals surface area contributed by atoms with Crippen LogP contribution in [0.4, 0.5) is 9.18 Å². The van der Waals surface area contributed by atoms with Crippen LogP contribution in [0.5, 0.6) is 0 Å². The summed E-state index contributed by atoms with van der Waals surface area (Å²) in [6.07, 6.45) is 1.48. The number of rotatable bonds is 8. The SMILES string of the molecule is CCOC(=O)C1=C(CN[C@@H](c2ccc(F)cc2)C(C)C)NC(=O)N[C@@H]1c1ccco1. The highest BCUT2D eigenvalue weighted by Crippen LogP contribution is 2.29. The van der Waals surface area contributed by atoms with Gasteiger partial charge in [0.05, 0.1) is 18.4 Å². The van der Waals surface area contributed by atoms with Crippen molar-refractivity contribution in [3.05, 3.63) is 71.1 Å². The second kappa shape index (κ2) is 9.58. The van der Waals surface area contributed by atoms with Crippen LogP contribution in [0.15, 0.2) is 58.3 Å². The van der Waals surface area contributed by atoms with Crippen LogP contribution < -0.4 is 16.0 Å². The van der Waals surface area contributed by atoms with Crippen molar-refractivity contribution in [1.82, 2.24) is 16.0 Å². The van der Waals surface area contributed by atoms with Gasteiger partial charge in [0, 0.05) is 18.3 Å². The fourth-order valence-electron chi connectivity index (χ4n) is 3.50. The van der Waals surface area contributed by atoms with Gasteiger partial charge in [-0.1, -0.05) is 26.0 Å². The van der Waals surface area contributed by atoms with Crippen molar-refractivity contribution in [1.29, 1.82) is 0 Å². The second-order valence-corrected chi connectivity index (χ2v) is 7.31. The Morgan fingerprint density at radius 2 is 2.00 bits per heavy atom. The maximum atomic E-state index is 13.3. The third kappa shape index (κ3) is 4.88. The Morgan fingerprint density at radius 1 is 1.27 bits per heavy atom. The average Bonchev–Trinajstić information content (AvgIpc) is 3.23. The lowest BCUT2D eigenvalue weighted by Gasteiger charge is -2.30. The van der Waals surface area contributed by atoms with Gasteiger partial charge in [-0.3, -0.25) is 0 Å². The van der Waals surface area contributed by atoms with Gasteiger partial charge in [0.15, 0.2) is 0 Å². The maximum absolute atomic E-state index is 13.3. The molecule has 1 aliphatic rings. The van der Waals surface area contributed by atoms with Crippen molar-refractivity contribution in [2.24, 2.45) is 5.92 Å². The molecule has 0 unspecified atom stereocenters. The summed E-state index contributed by atoms with van der Waals surface area (Å²) >= 11 is 0. The molecule has 30 heavy (non-hydrogen) atoms. The van der Waals surface area contributed by atoms with E-state index in [0.29, 0.717) is 11.5 Å². The Bertz CT molecular complexity index is 907. The van der Waals surface area contributed by atoms with Crippen LogP contribution in [0.3, 0.4) is 0 Å². The van der Waals surface area contributed by atoms with Crippen LogP contribution in [-0.2, 0) is 9.53 Å². The van der Waals surface area contributed by atoms with Crippen molar-refractivity contribution < 1.29 is 23.1 Å². The van der Waals surface area contributed by atoms with Crippen molar-refractivity contribution in [3.8, 4) is 0 Å². The van der Waals surface area contributed by atoms with Gasteiger partial charge in [-0.25, -0.2) is 14.0 Å². The average molecular weight is 415 g/mol. The molecule has 0 saturated carbocycles. The van der Waals surface area contributed by atoms with Crippen LogP contribution in [0.1, 0.15) is 44.2 Å². The number of hydrogen-bond acceptors (Lipinski definition) is 5. The summed E-state index contributed by atoms with van der Waals surface area (Å²) in [4.78, 5) is 25.0. The summed E-state index contributed by atoms with van der Waals surface area (Å²) < 4.78 is 24.0. The fourth-order valence-corrected chi connectivity index (χ4v) is 3.50. The molecule has 2 amide bonds. The first-order valence-corrected chi connectivity index (χ1v) is 9.90. The molecule has 0 aliphatic carbocycles. The quantitative estimate of drug-likeness (QED) is 0.573. The first-order valence-electron chi connectivity index (χ1n) is 9.90. The molecule has 0 saturated heterocycles. The maximum Gasteiger partial charge on any atom is 0.338 e. The number of esters is 1. The standard InChI is InChI=1S/C22H26FN3O4/c1-4-29-21(27)18-16(25-22(28)26-20(18)17-6-5-11-30-17)12-24-19(13(2)3)14-7-9-15(23)10-8-14/h5-11,13,19-20,24H,4,12H2,1-3H3,(H2,25,26,28)/t19-,20-/m1/s1. The lowest BCUT2D eigenvalue weighted by atomic mass is 9.95. The smallest absolute Gasteiger partial charge is 0.338 e. The number of halogens is 1. The molecule has 0 bridgehead atoms. The highest BCUT2D eigenvalue weighted by Gasteiger charge is 2.35. The van der Waals surface area contributed by atoms with Gasteiger partial charge in [0.1, 0.15) is 17.6 Å². The molecule has 1 aromatic heterocycles. The molecule has 0 radical (unpaired) electrons. The molecule has 3 rings (SSSR count). The largest absolute Gasteiger partial charge is 0.467 e. The number of ether oxygens (including phenoxy) is 1. The molecule has 2 heterocycles. The Morgan fingerprint density at radius 3 is 2.60 bits per heavy atom. The van der Waals surface area contributed by atoms with Crippen LogP contribution >= 0.6 is 0 Å². The monoisotopic (exact) mass is 415 g/mol. The van der Waals surface area contributed by atoms with Gasteiger partial charge in [0.2, 0.25) is 0 Å². The number of benzene rings is 1. The zero-order valence-corrected chi connectivity index (χ0v) is 17.2. The highest BCUT2D eigenvalue weighted by molar-refractivity contribution is 5.95. The van der Waals surface area contributed by atoms with Crippen LogP contribution in [0.25, 0.3) is 0 Å². The lowest BCUT2D eigenvalue weighted by molar-refractivity contribution is -0.139. The van der Waals surface area contributed by atoms with E-state index in [0.717, 1.165) is 5.56 Å². The molecule has 2 aromatic rings. The number of carbonyl (C=O) groups excluding carboxylic acids is 2. The molecule has 1 aromatic carbocycles. The minimum Gasteiger partial charge on any atom is -0.467 e. The summed E-state index contributed by atoms with van der Waals surface area (Å²) in [6.45, 7) is 6.20. The number of furan rings is 1. The predicted molar refractivity (Wildman–Crippen MR) is 109 cm³/mol. The zero-order valence-electron chi connectivity index (χ0n) is 17.2. The van der Waals surface area contributed by atoms with Gasteiger partial charge in [-0.2, -0.15) is 0 Å². The summed E-state index contributed by atoms with van der Waals surface area (Å²) in [5.41, 5.74) is 1.60.